The molecular formula is C30H40N4O3. The van der Waals surface area contributed by atoms with Crippen LogP contribution >= 0.6 is 0 Å². The summed E-state index contributed by atoms with van der Waals surface area (Å²) in [5, 5.41) is 2.95. The Balaban J connectivity index is 1.23. The second-order valence-electron chi connectivity index (χ2n) is 10.1. The molecule has 0 saturated carbocycles. The fraction of sp³-hybridized carbons (Fsp3) is 0.500. The van der Waals surface area contributed by atoms with Crippen molar-refractivity contribution in [3.8, 4) is 5.75 Å². The number of para-hydroxylation sites is 2. The quantitative estimate of drug-likeness (QED) is 0.374. The van der Waals surface area contributed by atoms with Gasteiger partial charge in [0.15, 0.2) is 6.61 Å². The summed E-state index contributed by atoms with van der Waals surface area (Å²) < 4.78 is 7.79. The highest BCUT2D eigenvalue weighted by Gasteiger charge is 2.19. The Kier molecular flexibility index (Phi) is 9.58. The number of aromatic nitrogens is 2. The second kappa shape index (κ2) is 13.3. The van der Waals surface area contributed by atoms with Gasteiger partial charge in [-0.05, 0) is 68.9 Å². The Hall–Kier alpha value is -3.35. The van der Waals surface area contributed by atoms with Gasteiger partial charge in [-0.2, -0.15) is 0 Å². The van der Waals surface area contributed by atoms with Crippen molar-refractivity contribution in [2.75, 3.05) is 26.2 Å². The van der Waals surface area contributed by atoms with Gasteiger partial charge in [0, 0.05) is 26.1 Å². The fourth-order valence-corrected chi connectivity index (χ4v) is 4.92. The van der Waals surface area contributed by atoms with Crippen LogP contribution in [0.5, 0.6) is 5.75 Å². The predicted octanol–water partition coefficient (Wildman–Crippen LogP) is 4.96. The van der Waals surface area contributed by atoms with Crippen LogP contribution in [0.4, 0.5) is 0 Å². The Labute approximate surface area is 220 Å². The molecule has 1 N–H and O–H groups in total. The van der Waals surface area contributed by atoms with Gasteiger partial charge in [-0.25, -0.2) is 4.98 Å². The Morgan fingerprint density at radius 1 is 0.973 bits per heavy atom. The van der Waals surface area contributed by atoms with Crippen LogP contribution in [-0.2, 0) is 22.6 Å². The number of fused-ring (bicyclic) bond motifs is 1. The zero-order chi connectivity index (χ0) is 26.0. The molecule has 0 atom stereocenters. The molecule has 2 aromatic carbocycles. The number of imidazole rings is 1. The van der Waals surface area contributed by atoms with E-state index in [2.05, 4.69) is 16.0 Å². The standard InChI is InChI=1S/C30H40N4O3/c1-23-15-16-24(2)27(20-23)37-22-29(35)31-17-9-5-6-14-28-32-25-12-7-8-13-26(25)34(28)21-30(36)33-18-10-3-4-11-19-33/h7-8,12-13,15-16,20H,3-6,9-11,14,17-19,21-22H2,1-2H3,(H,31,35). The third-order valence-electron chi connectivity index (χ3n) is 7.09. The molecule has 2 heterocycles. The van der Waals surface area contributed by atoms with Gasteiger partial charge in [-0.3, -0.25) is 9.59 Å². The molecule has 7 nitrogen and oxygen atoms in total. The van der Waals surface area contributed by atoms with Gasteiger partial charge < -0.3 is 19.5 Å². The summed E-state index contributed by atoms with van der Waals surface area (Å²) in [6.45, 7) is 6.72. The number of nitrogens with one attached hydrogen (secondary N) is 1. The zero-order valence-electron chi connectivity index (χ0n) is 22.3. The summed E-state index contributed by atoms with van der Waals surface area (Å²) in [6, 6.07) is 14.1. The van der Waals surface area contributed by atoms with Crippen LogP contribution in [0.15, 0.2) is 42.5 Å². The molecule has 1 aromatic heterocycles. The molecule has 4 rings (SSSR count). The number of unbranched alkanes of at least 4 members (excludes halogenated alkanes) is 2. The topological polar surface area (TPSA) is 76.5 Å². The van der Waals surface area contributed by atoms with E-state index in [1.54, 1.807) is 0 Å². The first-order valence-electron chi connectivity index (χ1n) is 13.7. The molecular weight excluding hydrogens is 464 g/mol. The predicted molar refractivity (Wildman–Crippen MR) is 147 cm³/mol. The molecule has 0 aliphatic carbocycles. The van der Waals surface area contributed by atoms with Gasteiger partial charge in [-0.1, -0.05) is 43.5 Å². The van der Waals surface area contributed by atoms with Crippen LogP contribution < -0.4 is 10.1 Å². The summed E-state index contributed by atoms with van der Waals surface area (Å²) in [6.07, 6.45) is 8.24. The van der Waals surface area contributed by atoms with Gasteiger partial charge in [0.05, 0.1) is 11.0 Å². The molecule has 37 heavy (non-hydrogen) atoms. The number of amides is 2. The molecule has 3 aromatic rings. The van der Waals surface area contributed by atoms with Crippen LogP contribution in [0.25, 0.3) is 11.0 Å². The molecule has 7 heteroatoms. The Morgan fingerprint density at radius 2 is 1.76 bits per heavy atom. The maximum Gasteiger partial charge on any atom is 0.257 e. The molecule has 0 spiro atoms. The number of carbonyl (C=O) groups is 2. The molecule has 2 amide bonds. The number of hydrogen-bond donors (Lipinski definition) is 1. The second-order valence-corrected chi connectivity index (χ2v) is 10.1. The molecule has 0 radical (unpaired) electrons. The van der Waals surface area contributed by atoms with Crippen molar-refractivity contribution in [2.24, 2.45) is 0 Å². The maximum atomic E-state index is 13.1. The summed E-state index contributed by atoms with van der Waals surface area (Å²) in [5.41, 5.74) is 4.10. The van der Waals surface area contributed by atoms with Gasteiger partial charge in [-0.15, -0.1) is 0 Å². The summed E-state index contributed by atoms with van der Waals surface area (Å²) >= 11 is 0. The number of carbonyl (C=O) groups excluding carboxylic acids is 2. The third kappa shape index (κ3) is 7.57. The number of likely N-dealkylation sites (tertiary alicyclic amines) is 1. The zero-order valence-corrected chi connectivity index (χ0v) is 22.3. The first-order valence-corrected chi connectivity index (χ1v) is 13.7. The third-order valence-corrected chi connectivity index (χ3v) is 7.09. The van der Waals surface area contributed by atoms with Crippen LogP contribution in [0, 0.1) is 13.8 Å². The van der Waals surface area contributed by atoms with Crippen molar-refractivity contribution in [3.05, 3.63) is 59.4 Å². The van der Waals surface area contributed by atoms with E-state index in [1.807, 2.05) is 55.1 Å². The van der Waals surface area contributed by atoms with Crippen LogP contribution in [-0.4, -0.2) is 52.5 Å². The van der Waals surface area contributed by atoms with E-state index in [1.165, 1.54) is 12.8 Å². The molecule has 1 aliphatic heterocycles. The van der Waals surface area contributed by atoms with Crippen molar-refractivity contribution >= 4 is 22.8 Å². The van der Waals surface area contributed by atoms with Crippen molar-refractivity contribution in [1.29, 1.82) is 0 Å². The van der Waals surface area contributed by atoms with Crippen molar-refractivity contribution in [1.82, 2.24) is 19.8 Å². The lowest BCUT2D eigenvalue weighted by atomic mass is 10.1. The lowest BCUT2D eigenvalue weighted by Gasteiger charge is -2.21. The van der Waals surface area contributed by atoms with E-state index in [9.17, 15) is 9.59 Å². The number of hydrogen-bond acceptors (Lipinski definition) is 4. The van der Waals surface area contributed by atoms with Gasteiger partial charge in [0.25, 0.3) is 5.91 Å². The van der Waals surface area contributed by atoms with Gasteiger partial charge >= 0.3 is 0 Å². The molecule has 1 fully saturated rings. The van der Waals surface area contributed by atoms with Gasteiger partial charge in [0.2, 0.25) is 5.91 Å². The van der Waals surface area contributed by atoms with Crippen LogP contribution in [0.1, 0.15) is 61.9 Å². The van der Waals surface area contributed by atoms with Crippen molar-refractivity contribution in [3.63, 3.8) is 0 Å². The van der Waals surface area contributed by atoms with E-state index in [-0.39, 0.29) is 18.4 Å². The normalized spacial score (nSPS) is 13.9. The minimum Gasteiger partial charge on any atom is -0.483 e. The molecule has 0 bridgehead atoms. The largest absolute Gasteiger partial charge is 0.483 e. The number of ether oxygens (including phenoxy) is 1. The smallest absolute Gasteiger partial charge is 0.257 e. The summed E-state index contributed by atoms with van der Waals surface area (Å²) in [4.78, 5) is 32.2. The average Bonchev–Trinajstić information content (AvgIpc) is 3.05. The highest BCUT2D eigenvalue weighted by Crippen LogP contribution is 2.20. The number of aryl methyl sites for hydroxylation is 3. The fourth-order valence-electron chi connectivity index (χ4n) is 4.92. The summed E-state index contributed by atoms with van der Waals surface area (Å²) in [7, 11) is 0. The number of nitrogens with zero attached hydrogens (tertiary/aromatic N) is 3. The van der Waals surface area contributed by atoms with Crippen LogP contribution in [0.2, 0.25) is 0 Å². The number of rotatable bonds is 11. The van der Waals surface area contributed by atoms with E-state index < -0.39 is 0 Å². The Bertz CT molecular complexity index is 1190. The van der Waals surface area contributed by atoms with E-state index in [0.29, 0.717) is 13.1 Å². The molecule has 0 unspecified atom stereocenters. The minimum atomic E-state index is -0.102. The number of benzene rings is 2. The van der Waals surface area contributed by atoms with Crippen LogP contribution in [0.3, 0.4) is 0 Å². The highest BCUT2D eigenvalue weighted by molar-refractivity contribution is 5.81. The first kappa shape index (κ1) is 26.7. The Morgan fingerprint density at radius 3 is 2.57 bits per heavy atom. The first-order chi connectivity index (χ1) is 18.0. The average molecular weight is 505 g/mol. The van der Waals surface area contributed by atoms with Gasteiger partial charge in [0.1, 0.15) is 18.1 Å². The minimum absolute atomic E-state index is 0.0271. The SMILES string of the molecule is Cc1ccc(C)c(OCC(=O)NCCCCCc2nc3ccccc3n2CC(=O)N2CCCCCC2)c1. The maximum absolute atomic E-state index is 13.1. The lowest BCUT2D eigenvalue weighted by molar-refractivity contribution is -0.131. The summed E-state index contributed by atoms with van der Waals surface area (Å²) in [5.74, 6) is 1.81. The van der Waals surface area contributed by atoms with E-state index in [0.717, 1.165) is 85.3 Å². The highest BCUT2D eigenvalue weighted by atomic mass is 16.5. The van der Waals surface area contributed by atoms with E-state index >= 15 is 0 Å². The van der Waals surface area contributed by atoms with E-state index in [4.69, 9.17) is 9.72 Å². The monoisotopic (exact) mass is 504 g/mol. The van der Waals surface area contributed by atoms with Crippen molar-refractivity contribution < 1.29 is 14.3 Å². The molecule has 1 saturated heterocycles. The molecule has 198 valence electrons. The lowest BCUT2D eigenvalue weighted by Crippen LogP contribution is -2.34. The van der Waals surface area contributed by atoms with Crippen molar-refractivity contribution in [2.45, 2.75) is 71.8 Å². The molecule has 1 aliphatic rings.